The number of carbonyl (C=O) groups is 1. The van der Waals surface area contributed by atoms with Crippen LogP contribution in [-0.4, -0.2) is 27.9 Å². The monoisotopic (exact) mass is 509 g/mol. The summed E-state index contributed by atoms with van der Waals surface area (Å²) >= 11 is 12.3. The minimum atomic E-state index is -4.68. The van der Waals surface area contributed by atoms with E-state index in [0.717, 1.165) is 18.2 Å². The van der Waals surface area contributed by atoms with Gasteiger partial charge in [0.1, 0.15) is 17.4 Å². The summed E-state index contributed by atoms with van der Waals surface area (Å²) in [6.45, 7) is 1.34. The van der Waals surface area contributed by atoms with Crippen molar-refractivity contribution >= 4 is 29.1 Å². The molecular formula is C23H16Cl2F3N3O3. The van der Waals surface area contributed by atoms with E-state index in [0.29, 0.717) is 0 Å². The van der Waals surface area contributed by atoms with Gasteiger partial charge in [0, 0.05) is 52.8 Å². The Morgan fingerprint density at radius 3 is 2.41 bits per heavy atom. The number of aromatic hydroxyl groups is 1. The quantitative estimate of drug-likeness (QED) is 0.478. The van der Waals surface area contributed by atoms with Crippen LogP contribution in [0, 0.1) is 11.3 Å². The van der Waals surface area contributed by atoms with Crippen LogP contribution in [0.4, 0.5) is 13.2 Å². The average Bonchev–Trinajstić information content (AvgIpc) is 2.74. The summed E-state index contributed by atoms with van der Waals surface area (Å²) in [6.07, 6.45) is -4.68. The first-order valence-electron chi connectivity index (χ1n) is 9.61. The third-order valence-corrected chi connectivity index (χ3v) is 5.67. The molecule has 0 bridgehead atoms. The smallest absolute Gasteiger partial charge is 0.416 e. The first-order chi connectivity index (χ1) is 15.8. The van der Waals surface area contributed by atoms with Crippen LogP contribution in [0.25, 0.3) is 22.4 Å². The molecule has 0 fully saturated rings. The van der Waals surface area contributed by atoms with Crippen LogP contribution in [0.15, 0.2) is 41.2 Å². The molecule has 0 unspecified atom stereocenters. The molecule has 0 radical (unpaired) electrons. The molecule has 34 heavy (non-hydrogen) atoms. The van der Waals surface area contributed by atoms with E-state index in [9.17, 15) is 33.1 Å². The van der Waals surface area contributed by atoms with Crippen molar-refractivity contribution in [2.24, 2.45) is 0 Å². The zero-order chi connectivity index (χ0) is 25.4. The van der Waals surface area contributed by atoms with Gasteiger partial charge in [0.2, 0.25) is 5.91 Å². The van der Waals surface area contributed by atoms with Gasteiger partial charge in [-0.25, -0.2) is 0 Å². The number of phenolic OH excluding ortho intramolecular Hbond substituents is 1. The fourth-order valence-corrected chi connectivity index (χ4v) is 3.74. The number of nitrogens with zero attached hydrogens (tertiary/aromatic N) is 2. The van der Waals surface area contributed by atoms with Crippen LogP contribution < -0.4 is 5.56 Å². The number of benzene rings is 2. The molecule has 0 aliphatic heterocycles. The van der Waals surface area contributed by atoms with E-state index in [1.165, 1.54) is 37.1 Å². The van der Waals surface area contributed by atoms with Crippen LogP contribution in [0.1, 0.15) is 23.6 Å². The topological polar surface area (TPSA) is 97.2 Å². The van der Waals surface area contributed by atoms with Gasteiger partial charge in [0.05, 0.1) is 11.3 Å². The van der Waals surface area contributed by atoms with Crippen LogP contribution in [-0.2, 0) is 17.5 Å². The Hall–Kier alpha value is -3.48. The zero-order valence-electron chi connectivity index (χ0n) is 17.7. The number of hydrogen-bond acceptors (Lipinski definition) is 4. The van der Waals surface area contributed by atoms with E-state index < -0.39 is 22.9 Å². The van der Waals surface area contributed by atoms with Crippen molar-refractivity contribution in [1.82, 2.24) is 9.88 Å². The zero-order valence-corrected chi connectivity index (χ0v) is 19.2. The van der Waals surface area contributed by atoms with Gasteiger partial charge in [0.25, 0.3) is 5.56 Å². The van der Waals surface area contributed by atoms with Crippen LogP contribution >= 0.6 is 23.2 Å². The molecule has 1 aromatic heterocycles. The van der Waals surface area contributed by atoms with Gasteiger partial charge in [-0.3, -0.25) is 9.59 Å². The van der Waals surface area contributed by atoms with E-state index in [4.69, 9.17) is 23.2 Å². The van der Waals surface area contributed by atoms with Crippen molar-refractivity contribution in [2.45, 2.75) is 19.6 Å². The number of pyridine rings is 1. The molecule has 3 aromatic rings. The Bertz CT molecular complexity index is 1400. The normalized spacial score (nSPS) is 11.2. The lowest BCUT2D eigenvalue weighted by Gasteiger charge is -2.18. The highest BCUT2D eigenvalue weighted by molar-refractivity contribution is 6.33. The minimum absolute atomic E-state index is 0.00154. The Labute approximate surface area is 201 Å². The molecule has 0 atom stereocenters. The number of phenols is 1. The SMILES string of the molecule is CC(=O)N(C)Cc1cc(Cl)cc(-c2cc(-c3cc(C(F)(F)F)ccc3Cl)c(C#N)c(=O)[nH]2)c1O. The molecule has 176 valence electrons. The second-order valence-electron chi connectivity index (χ2n) is 7.44. The highest BCUT2D eigenvalue weighted by Gasteiger charge is 2.31. The summed E-state index contributed by atoms with van der Waals surface area (Å²) in [6, 6.07) is 8.25. The summed E-state index contributed by atoms with van der Waals surface area (Å²) in [5.74, 6) is -0.576. The molecule has 0 aliphatic rings. The van der Waals surface area contributed by atoms with Crippen molar-refractivity contribution in [3.8, 4) is 34.2 Å². The largest absolute Gasteiger partial charge is 0.507 e. The third kappa shape index (κ3) is 5.03. The molecule has 11 heteroatoms. The van der Waals surface area contributed by atoms with Crippen LogP contribution in [0.5, 0.6) is 5.75 Å². The predicted octanol–water partition coefficient (Wildman–Crippen LogP) is 5.59. The van der Waals surface area contributed by atoms with Crippen LogP contribution in [0.3, 0.4) is 0 Å². The van der Waals surface area contributed by atoms with Gasteiger partial charge in [-0.05, 0) is 36.4 Å². The maximum Gasteiger partial charge on any atom is 0.416 e. The molecule has 1 amide bonds. The number of amides is 1. The number of halogens is 5. The Morgan fingerprint density at radius 1 is 1.15 bits per heavy atom. The van der Waals surface area contributed by atoms with Gasteiger partial charge in [-0.2, -0.15) is 18.4 Å². The van der Waals surface area contributed by atoms with Gasteiger partial charge in [0.15, 0.2) is 0 Å². The predicted molar refractivity (Wildman–Crippen MR) is 121 cm³/mol. The van der Waals surface area contributed by atoms with E-state index in [1.807, 2.05) is 0 Å². The van der Waals surface area contributed by atoms with E-state index in [1.54, 1.807) is 6.07 Å². The number of alkyl halides is 3. The molecule has 0 aliphatic carbocycles. The number of carbonyl (C=O) groups excluding carboxylic acids is 1. The Morgan fingerprint density at radius 2 is 1.82 bits per heavy atom. The molecule has 2 aromatic carbocycles. The minimum Gasteiger partial charge on any atom is -0.507 e. The molecular weight excluding hydrogens is 494 g/mol. The van der Waals surface area contributed by atoms with E-state index in [2.05, 4.69) is 4.98 Å². The second-order valence-corrected chi connectivity index (χ2v) is 8.28. The van der Waals surface area contributed by atoms with Crippen molar-refractivity contribution < 1.29 is 23.1 Å². The molecule has 0 saturated carbocycles. The Balaban J connectivity index is 2.28. The van der Waals surface area contributed by atoms with Gasteiger partial charge < -0.3 is 15.0 Å². The van der Waals surface area contributed by atoms with Gasteiger partial charge in [-0.1, -0.05) is 23.2 Å². The summed E-state index contributed by atoms with van der Waals surface area (Å²) in [7, 11) is 1.51. The maximum absolute atomic E-state index is 13.3. The number of hydrogen-bond donors (Lipinski definition) is 2. The molecule has 6 nitrogen and oxygen atoms in total. The summed E-state index contributed by atoms with van der Waals surface area (Å²) in [5.41, 5.74) is -2.41. The number of aromatic nitrogens is 1. The molecule has 2 N–H and O–H groups in total. The number of rotatable bonds is 4. The number of H-pyrrole nitrogens is 1. The highest BCUT2D eigenvalue weighted by atomic mass is 35.5. The molecule has 0 saturated heterocycles. The lowest BCUT2D eigenvalue weighted by Crippen LogP contribution is -2.23. The van der Waals surface area contributed by atoms with Crippen LogP contribution in [0.2, 0.25) is 10.0 Å². The summed E-state index contributed by atoms with van der Waals surface area (Å²) in [5, 5.41) is 20.4. The molecule has 1 heterocycles. The van der Waals surface area contributed by atoms with Gasteiger partial charge >= 0.3 is 6.18 Å². The Kier molecular flexibility index (Phi) is 6.96. The number of nitrogens with one attached hydrogen (secondary N) is 1. The first kappa shape index (κ1) is 25.1. The van der Waals surface area contributed by atoms with Crippen molar-refractivity contribution in [2.75, 3.05) is 7.05 Å². The number of aromatic amines is 1. The summed E-state index contributed by atoms with van der Waals surface area (Å²) < 4.78 is 39.8. The lowest BCUT2D eigenvalue weighted by atomic mass is 9.96. The average molecular weight is 510 g/mol. The van der Waals surface area contributed by atoms with Gasteiger partial charge in [-0.15, -0.1) is 0 Å². The first-order valence-corrected chi connectivity index (χ1v) is 10.4. The fraction of sp³-hybridized carbons (Fsp3) is 0.174. The molecule has 0 spiro atoms. The lowest BCUT2D eigenvalue weighted by molar-refractivity contribution is -0.137. The van der Waals surface area contributed by atoms with E-state index >= 15 is 0 Å². The van der Waals surface area contributed by atoms with E-state index in [-0.39, 0.29) is 56.2 Å². The highest BCUT2D eigenvalue weighted by Crippen LogP contribution is 2.39. The molecule has 3 rings (SSSR count). The van der Waals surface area contributed by atoms with Crippen molar-refractivity contribution in [3.63, 3.8) is 0 Å². The standard InChI is InChI=1S/C23H16Cl2F3N3O3/c1-11(32)31(2)10-12-5-14(24)7-17(21(12)33)20-8-15(18(9-29)22(34)30-20)16-6-13(23(26,27)28)3-4-19(16)25/h3-8,33H,10H2,1-2H3,(H,30,34). The second kappa shape index (κ2) is 9.41. The fourth-order valence-electron chi connectivity index (χ4n) is 3.28. The number of nitriles is 1. The van der Waals surface area contributed by atoms with Crippen molar-refractivity contribution in [1.29, 1.82) is 5.26 Å². The maximum atomic E-state index is 13.3. The van der Waals surface area contributed by atoms with Crippen molar-refractivity contribution in [3.05, 3.63) is 73.5 Å². The summed E-state index contributed by atoms with van der Waals surface area (Å²) in [4.78, 5) is 28.0. The third-order valence-electron chi connectivity index (χ3n) is 5.12.